The maximum atomic E-state index is 12.6. The number of hydrogen-bond donors (Lipinski definition) is 2. The van der Waals surface area contributed by atoms with Crippen LogP contribution in [0.3, 0.4) is 0 Å². The average molecular weight is 456 g/mol. The number of nitrogens with zero attached hydrogens (tertiary/aromatic N) is 1. The summed E-state index contributed by atoms with van der Waals surface area (Å²) < 4.78 is 27.4. The van der Waals surface area contributed by atoms with Crippen molar-refractivity contribution in [2.45, 2.75) is 17.6 Å². The second-order valence-electron chi connectivity index (χ2n) is 5.91. The molecular formula is C18H18ClN3O3S3. The Morgan fingerprint density at radius 2 is 1.93 bits per heavy atom. The van der Waals surface area contributed by atoms with Crippen LogP contribution in [0.2, 0.25) is 4.34 Å². The monoisotopic (exact) mass is 455 g/mol. The van der Waals surface area contributed by atoms with Crippen molar-refractivity contribution >= 4 is 55.2 Å². The van der Waals surface area contributed by atoms with Gasteiger partial charge in [-0.25, -0.2) is 18.1 Å². The van der Waals surface area contributed by atoms with E-state index in [1.165, 1.54) is 17.4 Å². The van der Waals surface area contributed by atoms with Gasteiger partial charge in [-0.1, -0.05) is 47.2 Å². The summed E-state index contributed by atoms with van der Waals surface area (Å²) in [6, 6.07) is 10.5. The van der Waals surface area contributed by atoms with Gasteiger partial charge in [0.1, 0.15) is 4.21 Å². The third kappa shape index (κ3) is 5.18. The summed E-state index contributed by atoms with van der Waals surface area (Å²) in [6.45, 7) is 2.71. The highest BCUT2D eigenvalue weighted by Crippen LogP contribution is 2.25. The molecule has 0 saturated heterocycles. The molecule has 2 N–H and O–H groups in total. The van der Waals surface area contributed by atoms with E-state index in [4.69, 9.17) is 11.6 Å². The summed E-state index contributed by atoms with van der Waals surface area (Å²) in [5.74, 6) is -0.0500. The number of hydrogen-bond acceptors (Lipinski definition) is 7. The van der Waals surface area contributed by atoms with E-state index in [0.717, 1.165) is 16.9 Å². The Bertz CT molecular complexity index is 1080. The Balaban J connectivity index is 1.47. The number of aromatic nitrogens is 1. The van der Waals surface area contributed by atoms with Crippen LogP contribution in [0.1, 0.15) is 27.2 Å². The molecule has 6 nitrogen and oxygen atoms in total. The molecule has 1 aromatic carbocycles. The fourth-order valence-electron chi connectivity index (χ4n) is 2.42. The predicted octanol–water partition coefficient (Wildman–Crippen LogP) is 4.18. The smallest absolute Gasteiger partial charge is 0.250 e. The van der Waals surface area contributed by atoms with E-state index in [9.17, 15) is 13.2 Å². The number of sulfonamides is 1. The van der Waals surface area contributed by atoms with Gasteiger partial charge in [-0.3, -0.25) is 4.79 Å². The standard InChI is InChI=1S/C18H18ClN3O3S3/c1-12-5-2-3-6-13(12)17(23)14-11-21-18(26-14)20-9-4-10-22-28(24,25)16-8-7-15(19)27-16/h2-3,5-8,11,22H,4,9-10H2,1H3,(H,20,21). The number of rotatable bonds is 9. The predicted molar refractivity (Wildman–Crippen MR) is 114 cm³/mol. The second kappa shape index (κ2) is 9.15. The highest BCUT2D eigenvalue weighted by molar-refractivity contribution is 7.91. The molecule has 0 radical (unpaired) electrons. The lowest BCUT2D eigenvalue weighted by Gasteiger charge is -2.05. The average Bonchev–Trinajstić information content (AvgIpc) is 3.31. The first kappa shape index (κ1) is 20.9. The summed E-state index contributed by atoms with van der Waals surface area (Å²) in [5.41, 5.74) is 1.59. The molecule has 148 valence electrons. The third-order valence-electron chi connectivity index (χ3n) is 3.85. The molecule has 3 rings (SSSR count). The van der Waals surface area contributed by atoms with Crippen LogP contribution in [-0.4, -0.2) is 32.3 Å². The molecule has 0 bridgehead atoms. The Labute approximate surface area is 176 Å². The zero-order chi connectivity index (χ0) is 20.1. The number of carbonyl (C=O) groups is 1. The first-order valence-corrected chi connectivity index (χ1v) is 11.9. The van der Waals surface area contributed by atoms with Crippen LogP contribution in [-0.2, 0) is 10.0 Å². The van der Waals surface area contributed by atoms with E-state index in [1.54, 1.807) is 18.3 Å². The third-order valence-corrected chi connectivity index (χ3v) is 7.99. The fourth-order valence-corrected chi connectivity index (χ4v) is 5.82. The van der Waals surface area contributed by atoms with Crippen LogP contribution in [0, 0.1) is 6.92 Å². The maximum absolute atomic E-state index is 12.6. The van der Waals surface area contributed by atoms with Crippen molar-refractivity contribution in [3.8, 4) is 0 Å². The Morgan fingerprint density at radius 1 is 1.14 bits per heavy atom. The molecule has 2 aromatic heterocycles. The van der Waals surface area contributed by atoms with Crippen LogP contribution in [0.15, 0.2) is 46.8 Å². The van der Waals surface area contributed by atoms with Crippen LogP contribution in [0.5, 0.6) is 0 Å². The first-order valence-electron chi connectivity index (χ1n) is 8.42. The van der Waals surface area contributed by atoms with Crippen molar-refractivity contribution in [2.24, 2.45) is 0 Å². The Morgan fingerprint density at radius 3 is 2.64 bits per heavy atom. The quantitative estimate of drug-likeness (QED) is 0.373. The lowest BCUT2D eigenvalue weighted by Crippen LogP contribution is -2.25. The van der Waals surface area contributed by atoms with E-state index < -0.39 is 10.0 Å². The van der Waals surface area contributed by atoms with Crippen molar-refractivity contribution in [3.63, 3.8) is 0 Å². The van der Waals surface area contributed by atoms with Crippen LogP contribution in [0.25, 0.3) is 0 Å². The zero-order valence-corrected chi connectivity index (χ0v) is 18.1. The summed E-state index contributed by atoms with van der Waals surface area (Å²) in [7, 11) is -3.53. The van der Waals surface area contributed by atoms with E-state index >= 15 is 0 Å². The van der Waals surface area contributed by atoms with E-state index in [1.807, 2.05) is 25.1 Å². The zero-order valence-electron chi connectivity index (χ0n) is 14.9. The normalized spacial score (nSPS) is 11.5. The van der Waals surface area contributed by atoms with Gasteiger partial charge in [0.25, 0.3) is 0 Å². The van der Waals surface area contributed by atoms with Gasteiger partial charge in [0.05, 0.1) is 15.4 Å². The number of nitrogens with one attached hydrogen (secondary N) is 2. The summed E-state index contributed by atoms with van der Waals surface area (Å²) in [5, 5.41) is 3.75. The van der Waals surface area contributed by atoms with Crippen molar-refractivity contribution < 1.29 is 13.2 Å². The van der Waals surface area contributed by atoms with Crippen molar-refractivity contribution in [2.75, 3.05) is 18.4 Å². The number of anilines is 1. The molecule has 0 saturated carbocycles. The number of aryl methyl sites for hydroxylation is 1. The molecule has 2 heterocycles. The summed E-state index contributed by atoms with van der Waals surface area (Å²) >= 11 is 8.08. The van der Waals surface area contributed by atoms with Gasteiger partial charge in [-0.15, -0.1) is 11.3 Å². The topological polar surface area (TPSA) is 88.2 Å². The van der Waals surface area contributed by atoms with E-state index in [2.05, 4.69) is 15.0 Å². The minimum Gasteiger partial charge on any atom is -0.361 e. The molecule has 0 spiro atoms. The number of halogens is 1. The Hall–Kier alpha value is -1.78. The van der Waals surface area contributed by atoms with Crippen LogP contribution >= 0.6 is 34.3 Å². The number of thiazole rings is 1. The molecule has 0 unspecified atom stereocenters. The van der Waals surface area contributed by atoms with Crippen LogP contribution < -0.4 is 10.0 Å². The SMILES string of the molecule is Cc1ccccc1C(=O)c1cnc(NCCCNS(=O)(=O)c2ccc(Cl)s2)s1. The molecule has 0 aliphatic rings. The van der Waals surface area contributed by atoms with Gasteiger partial charge >= 0.3 is 0 Å². The van der Waals surface area contributed by atoms with Crippen molar-refractivity contribution in [1.29, 1.82) is 0 Å². The van der Waals surface area contributed by atoms with Gasteiger partial charge < -0.3 is 5.32 Å². The molecular weight excluding hydrogens is 438 g/mol. The van der Waals surface area contributed by atoms with Crippen molar-refractivity contribution in [3.05, 3.63) is 62.9 Å². The minimum absolute atomic E-state index is 0.0500. The van der Waals surface area contributed by atoms with Gasteiger partial charge in [-0.05, 0) is 31.0 Å². The molecule has 0 aliphatic heterocycles. The van der Waals surface area contributed by atoms with Gasteiger partial charge in [0.15, 0.2) is 5.13 Å². The highest BCUT2D eigenvalue weighted by atomic mass is 35.5. The minimum atomic E-state index is -3.53. The van der Waals surface area contributed by atoms with Gasteiger partial charge in [-0.2, -0.15) is 0 Å². The lowest BCUT2D eigenvalue weighted by atomic mass is 10.0. The molecule has 0 aliphatic carbocycles. The number of ketones is 1. The van der Waals surface area contributed by atoms with Gasteiger partial charge in [0.2, 0.25) is 15.8 Å². The number of benzene rings is 1. The number of carbonyl (C=O) groups excluding carboxylic acids is 1. The Kier molecular flexibility index (Phi) is 6.84. The van der Waals surface area contributed by atoms with Crippen LogP contribution in [0.4, 0.5) is 5.13 Å². The maximum Gasteiger partial charge on any atom is 0.250 e. The van der Waals surface area contributed by atoms with E-state index in [-0.39, 0.29) is 16.5 Å². The summed E-state index contributed by atoms with van der Waals surface area (Å²) in [6.07, 6.45) is 2.13. The lowest BCUT2D eigenvalue weighted by molar-refractivity contribution is 0.104. The largest absolute Gasteiger partial charge is 0.361 e. The molecule has 28 heavy (non-hydrogen) atoms. The molecule has 0 atom stereocenters. The second-order valence-corrected chi connectivity index (χ2v) is 10.6. The highest BCUT2D eigenvalue weighted by Gasteiger charge is 2.16. The molecule has 10 heteroatoms. The molecule has 0 amide bonds. The van der Waals surface area contributed by atoms with E-state index in [0.29, 0.717) is 32.9 Å². The first-order chi connectivity index (χ1) is 13.4. The van der Waals surface area contributed by atoms with Gasteiger partial charge in [0, 0.05) is 18.7 Å². The molecule has 0 fully saturated rings. The summed E-state index contributed by atoms with van der Waals surface area (Å²) in [4.78, 5) is 17.3. The fraction of sp³-hybridized carbons (Fsp3) is 0.222. The van der Waals surface area contributed by atoms with Crippen molar-refractivity contribution in [1.82, 2.24) is 9.71 Å². The number of thiophene rings is 1. The molecule has 3 aromatic rings.